The van der Waals surface area contributed by atoms with Gasteiger partial charge in [0.25, 0.3) is 0 Å². The van der Waals surface area contributed by atoms with Crippen LogP contribution in [0.2, 0.25) is 0 Å². The zero-order valence-electron chi connectivity index (χ0n) is 22.6. The van der Waals surface area contributed by atoms with Gasteiger partial charge in [-0.3, -0.25) is 19.4 Å². The SMILES string of the molecule is COc1ccc2c(c1)C(CC(=O)O)(c1ccc(CC(=O)OCCOC(=O)C(N)CCCCN)cc1)C(C)=N2.Cl.Cl. The molecule has 0 amide bonds. The number of carbonyl (C=O) groups excluding carboxylic acids is 2. The zero-order chi connectivity index (χ0) is 27.7. The minimum Gasteiger partial charge on any atom is -0.497 e. The Balaban J connectivity index is 0.00000400. The lowest BCUT2D eigenvalue weighted by molar-refractivity contribution is -0.152. The number of nitrogens with zero attached hydrogens (tertiary/aromatic N) is 1. The summed E-state index contributed by atoms with van der Waals surface area (Å²) in [6.45, 7) is 2.21. The molecule has 0 aliphatic carbocycles. The highest BCUT2D eigenvalue weighted by molar-refractivity contribution is 6.05. The average Bonchev–Trinajstić information content (AvgIpc) is 3.17. The first-order valence-corrected chi connectivity index (χ1v) is 12.5. The topological polar surface area (TPSA) is 164 Å². The van der Waals surface area contributed by atoms with Crippen molar-refractivity contribution in [3.05, 3.63) is 59.2 Å². The van der Waals surface area contributed by atoms with Gasteiger partial charge < -0.3 is 30.8 Å². The van der Waals surface area contributed by atoms with Crippen molar-refractivity contribution in [2.75, 3.05) is 26.9 Å². The first-order chi connectivity index (χ1) is 18.2. The molecular formula is C28H37Cl2N3O7. The van der Waals surface area contributed by atoms with Gasteiger partial charge in [-0.15, -0.1) is 24.8 Å². The molecular weight excluding hydrogens is 561 g/mol. The van der Waals surface area contributed by atoms with E-state index in [-0.39, 0.29) is 50.9 Å². The van der Waals surface area contributed by atoms with Crippen molar-refractivity contribution in [2.24, 2.45) is 16.5 Å². The summed E-state index contributed by atoms with van der Waals surface area (Å²) in [7, 11) is 1.56. The Bertz CT molecular complexity index is 1190. The molecule has 12 heteroatoms. The van der Waals surface area contributed by atoms with E-state index >= 15 is 0 Å². The summed E-state index contributed by atoms with van der Waals surface area (Å²) < 4.78 is 15.6. The van der Waals surface area contributed by atoms with Crippen molar-refractivity contribution in [2.45, 2.75) is 50.5 Å². The second kappa shape index (κ2) is 16.2. The highest BCUT2D eigenvalue weighted by atomic mass is 35.5. The van der Waals surface area contributed by atoms with Crippen LogP contribution in [0.5, 0.6) is 5.75 Å². The molecule has 2 aromatic carbocycles. The summed E-state index contributed by atoms with van der Waals surface area (Å²) in [5, 5.41) is 9.77. The number of methoxy groups -OCH3 is 1. The van der Waals surface area contributed by atoms with E-state index in [1.165, 1.54) is 0 Å². The van der Waals surface area contributed by atoms with Gasteiger partial charge in [-0.2, -0.15) is 0 Å². The van der Waals surface area contributed by atoms with Crippen molar-refractivity contribution >= 4 is 54.1 Å². The second-order valence-corrected chi connectivity index (χ2v) is 9.21. The molecule has 2 atom stereocenters. The fourth-order valence-corrected chi connectivity index (χ4v) is 4.62. The molecule has 1 heterocycles. The molecule has 2 aromatic rings. The number of ether oxygens (including phenoxy) is 3. The van der Waals surface area contributed by atoms with Crippen LogP contribution in [0.25, 0.3) is 0 Å². The molecule has 0 bridgehead atoms. The minimum absolute atomic E-state index is 0. The molecule has 0 radical (unpaired) electrons. The number of carboxylic acid groups (broad SMARTS) is 1. The summed E-state index contributed by atoms with van der Waals surface area (Å²) in [6, 6.07) is 11.9. The molecule has 1 aliphatic heterocycles. The number of hydrogen-bond acceptors (Lipinski definition) is 9. The fourth-order valence-electron chi connectivity index (χ4n) is 4.62. The normalized spacial score (nSPS) is 15.9. The maximum Gasteiger partial charge on any atom is 0.323 e. The molecule has 0 saturated carbocycles. The number of aliphatic carboxylic acids is 1. The van der Waals surface area contributed by atoms with E-state index in [1.54, 1.807) is 25.3 Å². The number of hydrogen-bond donors (Lipinski definition) is 3. The predicted octanol–water partition coefficient (Wildman–Crippen LogP) is 3.49. The molecule has 0 saturated heterocycles. The van der Waals surface area contributed by atoms with Gasteiger partial charge >= 0.3 is 17.9 Å². The van der Waals surface area contributed by atoms with Crippen molar-refractivity contribution in [1.29, 1.82) is 0 Å². The quantitative estimate of drug-likeness (QED) is 0.218. The van der Waals surface area contributed by atoms with Gasteiger partial charge in [0, 0.05) is 5.71 Å². The highest BCUT2D eigenvalue weighted by Gasteiger charge is 2.45. The lowest BCUT2D eigenvalue weighted by Gasteiger charge is -2.30. The highest BCUT2D eigenvalue weighted by Crippen LogP contribution is 2.48. The van der Waals surface area contributed by atoms with E-state index in [2.05, 4.69) is 4.99 Å². The van der Waals surface area contributed by atoms with Crippen LogP contribution in [0.3, 0.4) is 0 Å². The fraction of sp³-hybridized carbons (Fsp3) is 0.429. The number of benzene rings is 2. The van der Waals surface area contributed by atoms with Gasteiger partial charge in [0.05, 0.1) is 31.1 Å². The van der Waals surface area contributed by atoms with Gasteiger partial charge in [-0.1, -0.05) is 30.7 Å². The van der Waals surface area contributed by atoms with E-state index in [0.717, 1.165) is 24.0 Å². The largest absolute Gasteiger partial charge is 0.497 e. The third-order valence-electron chi connectivity index (χ3n) is 6.64. The Labute approximate surface area is 246 Å². The molecule has 10 nitrogen and oxygen atoms in total. The molecule has 0 aromatic heterocycles. The summed E-state index contributed by atoms with van der Waals surface area (Å²) >= 11 is 0. The maximum absolute atomic E-state index is 12.3. The average molecular weight is 599 g/mol. The Kier molecular flexibility index (Phi) is 14.1. The monoisotopic (exact) mass is 597 g/mol. The first kappa shape index (κ1) is 34.8. The number of unbranched alkanes of at least 4 members (excludes halogenated alkanes) is 1. The summed E-state index contributed by atoms with van der Waals surface area (Å²) in [6.07, 6.45) is 1.85. The van der Waals surface area contributed by atoms with Gasteiger partial charge in [0.1, 0.15) is 25.0 Å². The van der Waals surface area contributed by atoms with Crippen LogP contribution in [0.15, 0.2) is 47.5 Å². The van der Waals surface area contributed by atoms with Gasteiger partial charge in [-0.05, 0) is 61.2 Å². The van der Waals surface area contributed by atoms with E-state index in [4.69, 9.17) is 25.7 Å². The number of nitrogens with two attached hydrogens (primary N) is 2. The summed E-state index contributed by atoms with van der Waals surface area (Å²) in [5.41, 5.74) is 13.8. The van der Waals surface area contributed by atoms with Crippen LogP contribution in [-0.2, 0) is 35.7 Å². The molecule has 1 aliphatic rings. The number of carbonyl (C=O) groups is 3. The summed E-state index contributed by atoms with van der Waals surface area (Å²) in [4.78, 5) is 40.7. The molecule has 0 spiro atoms. The number of fused-ring (bicyclic) bond motifs is 1. The maximum atomic E-state index is 12.3. The molecule has 3 rings (SSSR count). The van der Waals surface area contributed by atoms with Crippen molar-refractivity contribution in [1.82, 2.24) is 0 Å². The molecule has 2 unspecified atom stereocenters. The molecule has 5 N–H and O–H groups in total. The van der Waals surface area contributed by atoms with Gasteiger partial charge in [0.2, 0.25) is 0 Å². The van der Waals surface area contributed by atoms with Crippen LogP contribution in [-0.4, -0.2) is 61.6 Å². The van der Waals surface area contributed by atoms with Crippen molar-refractivity contribution in [3.8, 4) is 5.75 Å². The van der Waals surface area contributed by atoms with E-state index in [1.807, 2.05) is 31.2 Å². The van der Waals surface area contributed by atoms with E-state index in [0.29, 0.717) is 35.7 Å². The van der Waals surface area contributed by atoms with Gasteiger partial charge in [-0.25, -0.2) is 0 Å². The van der Waals surface area contributed by atoms with Gasteiger partial charge in [0.15, 0.2) is 0 Å². The predicted molar refractivity (Wildman–Crippen MR) is 156 cm³/mol. The Morgan fingerprint density at radius 2 is 1.70 bits per heavy atom. The standard InChI is InChI=1S/C28H35N3O7.2ClH/c1-18-28(17-25(32)33,22-16-21(36-2)10-11-24(22)31-18)20-8-6-19(7-9-20)15-26(34)37-13-14-38-27(35)23(30)5-3-4-12-29;;/h6-11,16,23H,3-5,12-15,17,29-30H2,1-2H3,(H,32,33);2*1H. The lowest BCUT2D eigenvalue weighted by atomic mass is 9.70. The molecule has 0 fully saturated rings. The van der Waals surface area contributed by atoms with Crippen LogP contribution >= 0.6 is 24.8 Å². The third kappa shape index (κ3) is 8.41. The second-order valence-electron chi connectivity index (χ2n) is 9.21. The first-order valence-electron chi connectivity index (χ1n) is 12.5. The molecule has 220 valence electrons. The van der Waals surface area contributed by atoms with E-state index in [9.17, 15) is 19.5 Å². The lowest BCUT2D eigenvalue weighted by Crippen LogP contribution is -2.35. The van der Waals surface area contributed by atoms with Crippen molar-refractivity contribution in [3.63, 3.8) is 0 Å². The number of rotatable bonds is 14. The number of carboxylic acids is 1. The third-order valence-corrected chi connectivity index (χ3v) is 6.64. The molecule has 40 heavy (non-hydrogen) atoms. The summed E-state index contributed by atoms with van der Waals surface area (Å²) in [5.74, 6) is -1.36. The Morgan fingerprint density at radius 1 is 1.02 bits per heavy atom. The van der Waals surface area contributed by atoms with Crippen LogP contribution in [0.1, 0.15) is 49.3 Å². The Hall–Kier alpha value is -3.18. The number of aliphatic imine (C=N–C) groups is 1. The number of halogens is 2. The number of esters is 2. The smallest absolute Gasteiger partial charge is 0.323 e. The van der Waals surface area contributed by atoms with E-state index < -0.39 is 29.4 Å². The van der Waals surface area contributed by atoms with Crippen LogP contribution < -0.4 is 16.2 Å². The Morgan fingerprint density at radius 3 is 2.33 bits per heavy atom. The van der Waals surface area contributed by atoms with Crippen LogP contribution in [0, 0.1) is 0 Å². The van der Waals surface area contributed by atoms with Crippen molar-refractivity contribution < 1.29 is 33.7 Å². The van der Waals surface area contributed by atoms with Crippen LogP contribution in [0.4, 0.5) is 5.69 Å². The zero-order valence-corrected chi connectivity index (χ0v) is 24.2. The minimum atomic E-state index is -0.958.